The fourth-order valence-corrected chi connectivity index (χ4v) is 0.364. The van der Waals surface area contributed by atoms with Crippen molar-refractivity contribution in [1.82, 2.24) is 0 Å². The molecule has 0 aromatic heterocycles. The largest absolute Gasteiger partial charge is 0.404 e. The van der Waals surface area contributed by atoms with E-state index < -0.39 is 18.4 Å². The third-order valence-corrected chi connectivity index (χ3v) is 0.657. The van der Waals surface area contributed by atoms with E-state index in [0.29, 0.717) is 6.08 Å². The monoisotopic (exact) mass is 153 g/mol. The lowest BCUT2D eigenvalue weighted by Gasteiger charge is -2.00. The summed E-state index contributed by atoms with van der Waals surface area (Å²) in [6.45, 7) is 0. The van der Waals surface area contributed by atoms with E-state index in [-0.39, 0.29) is 0 Å². The maximum absolute atomic E-state index is 11.3. The summed E-state index contributed by atoms with van der Waals surface area (Å²) < 4.78 is 34.0. The highest BCUT2D eigenvalue weighted by Crippen LogP contribution is 2.19. The first-order valence-electron chi connectivity index (χ1n) is 2.43. The van der Waals surface area contributed by atoms with Gasteiger partial charge < -0.3 is 5.73 Å². The highest BCUT2D eigenvalue weighted by Gasteiger charge is 2.29. The summed E-state index contributed by atoms with van der Waals surface area (Å²) in [4.78, 5) is 10.2. The molecule has 0 unspecified atom stereocenters. The van der Waals surface area contributed by atoms with E-state index in [1.807, 2.05) is 0 Å². The minimum absolute atomic E-state index is 0.688. The second-order valence-electron chi connectivity index (χ2n) is 1.62. The lowest BCUT2D eigenvalue weighted by molar-refractivity contribution is -0.148. The van der Waals surface area contributed by atoms with E-state index in [9.17, 15) is 18.0 Å². The summed E-state index contributed by atoms with van der Waals surface area (Å²) in [5, 5.41) is 0. The molecule has 0 aliphatic rings. The molecule has 5 heteroatoms. The number of hydrogen-bond donors (Lipinski definition) is 1. The lowest BCUT2D eigenvalue weighted by atomic mass is 10.3. The molecule has 10 heavy (non-hydrogen) atoms. The molecule has 0 aromatic carbocycles. The van der Waals surface area contributed by atoms with Gasteiger partial charge in [0, 0.05) is 0 Å². The van der Waals surface area contributed by atoms with Crippen LogP contribution >= 0.6 is 0 Å². The number of hydrogen-bond acceptors (Lipinski definition) is 2. The molecule has 0 heterocycles. The van der Waals surface area contributed by atoms with Crippen molar-refractivity contribution in [3.05, 3.63) is 12.3 Å². The zero-order valence-corrected chi connectivity index (χ0v) is 4.98. The van der Waals surface area contributed by atoms with Gasteiger partial charge in [0.05, 0.1) is 0 Å². The van der Waals surface area contributed by atoms with Crippen molar-refractivity contribution in [1.29, 1.82) is 0 Å². The van der Waals surface area contributed by atoms with E-state index in [0.717, 1.165) is 6.20 Å². The Labute approximate surface area is 55.5 Å². The Morgan fingerprint density at radius 3 is 2.30 bits per heavy atom. The molecule has 0 aliphatic heterocycles. The summed E-state index contributed by atoms with van der Waals surface area (Å²) in [7, 11) is 0. The first-order valence-corrected chi connectivity index (χ1v) is 2.43. The van der Waals surface area contributed by atoms with Crippen LogP contribution in [0.15, 0.2) is 12.3 Å². The van der Waals surface area contributed by atoms with Gasteiger partial charge in [-0.25, -0.2) is 0 Å². The maximum atomic E-state index is 11.3. The van der Waals surface area contributed by atoms with Gasteiger partial charge in [0.25, 0.3) is 0 Å². The average Bonchev–Trinajstić information content (AvgIpc) is 1.59. The second-order valence-corrected chi connectivity index (χ2v) is 1.62. The predicted molar refractivity (Wildman–Crippen MR) is 29.0 cm³/mol. The van der Waals surface area contributed by atoms with E-state index >= 15 is 0 Å². The highest BCUT2D eigenvalue weighted by molar-refractivity contribution is 5.89. The predicted octanol–water partition coefficient (Wildman–Crippen LogP) is 0.980. The van der Waals surface area contributed by atoms with Gasteiger partial charge in [0.2, 0.25) is 0 Å². The molecule has 2 N–H and O–H groups in total. The molecule has 0 saturated carbocycles. The number of halogens is 3. The van der Waals surface area contributed by atoms with E-state index in [1.165, 1.54) is 0 Å². The molecule has 0 rings (SSSR count). The normalized spacial score (nSPS) is 12.3. The van der Waals surface area contributed by atoms with Crippen LogP contribution in [0.25, 0.3) is 0 Å². The smallest absolute Gasteiger partial charge is 0.396 e. The Balaban J connectivity index is 3.81. The third kappa shape index (κ3) is 5.14. The van der Waals surface area contributed by atoms with Crippen molar-refractivity contribution in [2.45, 2.75) is 12.6 Å². The molecular weight excluding hydrogens is 147 g/mol. The number of alkyl halides is 3. The van der Waals surface area contributed by atoms with Crippen LogP contribution in [-0.2, 0) is 4.79 Å². The standard InChI is InChI=1S/C5H6F3NO/c6-5(7,8)3-4(10)1-2-9/h1-2H,3,9H2/b2-1+. The Bertz CT molecular complexity index is 149. The topological polar surface area (TPSA) is 43.1 Å². The van der Waals surface area contributed by atoms with Crippen molar-refractivity contribution in [3.8, 4) is 0 Å². The van der Waals surface area contributed by atoms with Crippen LogP contribution in [0, 0.1) is 0 Å². The fraction of sp³-hybridized carbons (Fsp3) is 0.400. The van der Waals surface area contributed by atoms with E-state index in [1.54, 1.807) is 0 Å². The van der Waals surface area contributed by atoms with Gasteiger partial charge in [-0.05, 0) is 12.3 Å². The lowest BCUT2D eigenvalue weighted by Crippen LogP contribution is -2.13. The summed E-state index contributed by atoms with van der Waals surface area (Å²) in [5.41, 5.74) is 4.68. The molecule has 0 amide bonds. The van der Waals surface area contributed by atoms with Gasteiger partial charge in [-0.1, -0.05) is 0 Å². The highest BCUT2D eigenvalue weighted by atomic mass is 19.4. The number of rotatable bonds is 2. The molecule has 0 atom stereocenters. The Morgan fingerprint density at radius 2 is 2.00 bits per heavy atom. The number of carbonyl (C=O) groups is 1. The van der Waals surface area contributed by atoms with Crippen LogP contribution in [0.2, 0.25) is 0 Å². The number of ketones is 1. The van der Waals surface area contributed by atoms with Crippen molar-refractivity contribution >= 4 is 5.78 Å². The summed E-state index contributed by atoms with van der Waals surface area (Å²) in [5.74, 6) is -1.03. The van der Waals surface area contributed by atoms with Gasteiger partial charge in [-0.3, -0.25) is 4.79 Å². The Kier molecular flexibility index (Phi) is 2.92. The van der Waals surface area contributed by atoms with Crippen LogP contribution < -0.4 is 5.73 Å². The molecule has 0 fully saturated rings. The number of nitrogens with two attached hydrogens (primary N) is 1. The van der Waals surface area contributed by atoms with Crippen LogP contribution in [0.1, 0.15) is 6.42 Å². The average molecular weight is 153 g/mol. The number of allylic oxidation sites excluding steroid dienone is 1. The van der Waals surface area contributed by atoms with Crippen LogP contribution in [-0.4, -0.2) is 12.0 Å². The maximum Gasteiger partial charge on any atom is 0.396 e. The van der Waals surface area contributed by atoms with Crippen LogP contribution in [0.5, 0.6) is 0 Å². The SMILES string of the molecule is N/C=C/C(=O)CC(F)(F)F. The van der Waals surface area contributed by atoms with Gasteiger partial charge in [-0.2, -0.15) is 13.2 Å². The first-order chi connectivity index (χ1) is 4.45. The van der Waals surface area contributed by atoms with Gasteiger partial charge in [0.1, 0.15) is 6.42 Å². The van der Waals surface area contributed by atoms with Gasteiger partial charge >= 0.3 is 6.18 Å². The minimum Gasteiger partial charge on any atom is -0.404 e. The molecule has 0 aromatic rings. The Hall–Kier alpha value is -1.00. The second kappa shape index (κ2) is 3.24. The zero-order chi connectivity index (χ0) is 8.20. The summed E-state index contributed by atoms with van der Waals surface area (Å²) >= 11 is 0. The van der Waals surface area contributed by atoms with E-state index in [2.05, 4.69) is 5.73 Å². The van der Waals surface area contributed by atoms with Crippen molar-refractivity contribution < 1.29 is 18.0 Å². The van der Waals surface area contributed by atoms with Gasteiger partial charge in [-0.15, -0.1) is 0 Å². The summed E-state index contributed by atoms with van der Waals surface area (Å²) in [6.07, 6.45) is -4.40. The molecule has 0 spiro atoms. The number of carbonyl (C=O) groups excluding carboxylic acids is 1. The summed E-state index contributed by atoms with van der Waals surface area (Å²) in [6, 6.07) is 0. The molecule has 0 saturated heterocycles. The fourth-order valence-electron chi connectivity index (χ4n) is 0.364. The Morgan fingerprint density at radius 1 is 1.50 bits per heavy atom. The first kappa shape index (κ1) is 9.00. The third-order valence-electron chi connectivity index (χ3n) is 0.657. The van der Waals surface area contributed by atoms with Crippen molar-refractivity contribution in [3.63, 3.8) is 0 Å². The molecule has 58 valence electrons. The van der Waals surface area contributed by atoms with E-state index in [4.69, 9.17) is 0 Å². The minimum atomic E-state index is -4.43. The molecule has 0 radical (unpaired) electrons. The molecule has 0 aliphatic carbocycles. The zero-order valence-electron chi connectivity index (χ0n) is 4.98. The molecule has 0 bridgehead atoms. The van der Waals surface area contributed by atoms with Crippen molar-refractivity contribution in [2.75, 3.05) is 0 Å². The van der Waals surface area contributed by atoms with Crippen LogP contribution in [0.3, 0.4) is 0 Å². The molecular formula is C5H6F3NO. The van der Waals surface area contributed by atoms with Gasteiger partial charge in [0.15, 0.2) is 5.78 Å². The van der Waals surface area contributed by atoms with Crippen LogP contribution in [0.4, 0.5) is 13.2 Å². The van der Waals surface area contributed by atoms with Crippen molar-refractivity contribution in [2.24, 2.45) is 5.73 Å². The quantitative estimate of drug-likeness (QED) is 0.601. The molecule has 2 nitrogen and oxygen atoms in total.